The van der Waals surface area contributed by atoms with E-state index in [1.165, 1.54) is 26.0 Å². The summed E-state index contributed by atoms with van der Waals surface area (Å²) in [6.07, 6.45) is 0. The Morgan fingerprint density at radius 3 is 2.47 bits per heavy atom. The van der Waals surface area contributed by atoms with E-state index in [1.807, 2.05) is 0 Å². The number of benzene rings is 1. The molecular weight excluding hydrogens is 313 g/mol. The largest absolute Gasteiger partial charge is 0.272 e. The van der Waals surface area contributed by atoms with Crippen LogP contribution in [0.5, 0.6) is 0 Å². The van der Waals surface area contributed by atoms with E-state index >= 15 is 0 Å². The summed E-state index contributed by atoms with van der Waals surface area (Å²) in [6.45, 7) is 2.66. The first-order valence-electron chi connectivity index (χ1n) is 4.74. The van der Waals surface area contributed by atoms with Gasteiger partial charge in [0.25, 0.3) is 15.9 Å². The van der Waals surface area contributed by atoms with Crippen molar-refractivity contribution in [3.63, 3.8) is 0 Å². The third-order valence-corrected chi connectivity index (χ3v) is 5.69. The van der Waals surface area contributed by atoms with Crippen molar-refractivity contribution < 1.29 is 17.6 Å². The monoisotopic (exact) mass is 321 g/mol. The highest BCUT2D eigenvalue weighted by atomic mass is 79.9. The third kappa shape index (κ3) is 1.52. The number of sulfonamides is 1. The zero-order chi connectivity index (χ0) is 13.0. The van der Waals surface area contributed by atoms with Gasteiger partial charge in [-0.15, -0.1) is 0 Å². The van der Waals surface area contributed by atoms with Crippen LogP contribution in [0.4, 0.5) is 10.1 Å². The normalized spacial score (nSPS) is 21.2. The van der Waals surface area contributed by atoms with Crippen LogP contribution in [0.1, 0.15) is 13.8 Å². The number of hydrogen-bond donors (Lipinski definition) is 0. The maximum atomic E-state index is 13.1. The average molecular weight is 322 g/mol. The third-order valence-electron chi connectivity index (χ3n) is 2.71. The van der Waals surface area contributed by atoms with Crippen molar-refractivity contribution in [1.82, 2.24) is 0 Å². The van der Waals surface area contributed by atoms with Gasteiger partial charge in [-0.05, 0) is 48.0 Å². The fourth-order valence-electron chi connectivity index (χ4n) is 1.53. The zero-order valence-electron chi connectivity index (χ0n) is 9.07. The van der Waals surface area contributed by atoms with Crippen LogP contribution in [0.3, 0.4) is 0 Å². The maximum absolute atomic E-state index is 13.1. The Morgan fingerprint density at radius 2 is 1.94 bits per heavy atom. The minimum atomic E-state index is -3.75. The molecule has 0 N–H and O–H groups in total. The van der Waals surface area contributed by atoms with Crippen LogP contribution in [0.2, 0.25) is 0 Å². The maximum Gasteiger partial charge on any atom is 0.263 e. The van der Waals surface area contributed by atoms with Crippen LogP contribution in [-0.2, 0) is 14.8 Å². The number of amides is 1. The Hall–Kier alpha value is -0.950. The van der Waals surface area contributed by atoms with Crippen LogP contribution in [-0.4, -0.2) is 19.1 Å². The summed E-state index contributed by atoms with van der Waals surface area (Å²) in [7, 11) is -3.75. The molecule has 7 heteroatoms. The molecule has 0 bridgehead atoms. The van der Waals surface area contributed by atoms with Crippen LogP contribution < -0.4 is 4.31 Å². The fourth-order valence-corrected chi connectivity index (χ4v) is 3.57. The van der Waals surface area contributed by atoms with E-state index in [0.717, 1.165) is 6.07 Å². The number of nitrogens with zero attached hydrogens (tertiary/aromatic N) is 1. The molecule has 2 rings (SSSR count). The van der Waals surface area contributed by atoms with Crippen molar-refractivity contribution >= 4 is 37.5 Å². The lowest BCUT2D eigenvalue weighted by atomic mass is 10.1. The quantitative estimate of drug-likeness (QED) is 0.795. The van der Waals surface area contributed by atoms with Crippen LogP contribution in [0.25, 0.3) is 0 Å². The van der Waals surface area contributed by atoms with E-state index in [-0.39, 0.29) is 5.69 Å². The summed E-state index contributed by atoms with van der Waals surface area (Å²) < 4.78 is 36.4. The lowest BCUT2D eigenvalue weighted by molar-refractivity contribution is -0.120. The van der Waals surface area contributed by atoms with Gasteiger partial charge in [0.1, 0.15) is 5.82 Å². The van der Waals surface area contributed by atoms with Crippen molar-refractivity contribution in [2.75, 3.05) is 4.31 Å². The van der Waals surface area contributed by atoms with Crippen LogP contribution >= 0.6 is 15.9 Å². The first-order valence-corrected chi connectivity index (χ1v) is 6.97. The van der Waals surface area contributed by atoms with E-state index in [9.17, 15) is 17.6 Å². The molecule has 1 fully saturated rings. The predicted molar refractivity (Wildman–Crippen MR) is 64.6 cm³/mol. The van der Waals surface area contributed by atoms with Gasteiger partial charge in [-0.1, -0.05) is 0 Å². The van der Waals surface area contributed by atoms with Crippen molar-refractivity contribution in [2.24, 2.45) is 0 Å². The Labute approximate surface area is 107 Å². The van der Waals surface area contributed by atoms with Gasteiger partial charge in [-0.3, -0.25) is 4.79 Å². The summed E-state index contributed by atoms with van der Waals surface area (Å²) in [4.78, 5) is 11.8. The number of halogens is 2. The minimum Gasteiger partial charge on any atom is -0.272 e. The van der Waals surface area contributed by atoms with Crippen molar-refractivity contribution in [3.05, 3.63) is 28.5 Å². The van der Waals surface area contributed by atoms with Crippen LogP contribution in [0.15, 0.2) is 22.7 Å². The standard InChI is InChI=1S/C10H9BrFNO3S/c1-10(2)9(14)13(17(10,15)16)8-5-6(12)3-4-7(8)11/h3-5H,1-2H3. The molecule has 1 heterocycles. The molecule has 1 aliphatic heterocycles. The second kappa shape index (κ2) is 3.52. The molecule has 1 aliphatic rings. The SMILES string of the molecule is CC1(C)C(=O)N(c2cc(F)ccc2Br)S1(=O)=O. The lowest BCUT2D eigenvalue weighted by Gasteiger charge is -2.43. The van der Waals surface area contributed by atoms with Gasteiger partial charge in [0.05, 0.1) is 5.69 Å². The van der Waals surface area contributed by atoms with Crippen molar-refractivity contribution in [3.8, 4) is 0 Å². The van der Waals surface area contributed by atoms with Crippen LogP contribution in [0, 0.1) is 5.82 Å². The lowest BCUT2D eigenvalue weighted by Crippen LogP contribution is -2.67. The van der Waals surface area contributed by atoms with Gasteiger partial charge in [0, 0.05) is 4.47 Å². The molecule has 0 aliphatic carbocycles. The summed E-state index contributed by atoms with van der Waals surface area (Å²) in [6, 6.07) is 3.54. The molecule has 0 spiro atoms. The molecule has 1 aromatic rings. The second-order valence-electron chi connectivity index (χ2n) is 4.18. The Kier molecular flexibility index (Phi) is 2.59. The van der Waals surface area contributed by atoms with Gasteiger partial charge in [-0.2, -0.15) is 0 Å². The van der Waals surface area contributed by atoms with E-state index in [4.69, 9.17) is 0 Å². The Balaban J connectivity index is 2.58. The molecule has 0 unspecified atom stereocenters. The number of rotatable bonds is 1. The number of anilines is 1. The predicted octanol–water partition coefficient (Wildman–Crippen LogP) is 2.04. The highest BCUT2D eigenvalue weighted by Gasteiger charge is 2.61. The first-order chi connectivity index (χ1) is 7.69. The molecule has 1 aromatic carbocycles. The van der Waals surface area contributed by atoms with Gasteiger partial charge < -0.3 is 0 Å². The molecule has 1 amide bonds. The molecule has 17 heavy (non-hydrogen) atoms. The number of hydrogen-bond acceptors (Lipinski definition) is 3. The molecular formula is C10H9BrFNO3S. The van der Waals surface area contributed by atoms with Crippen molar-refractivity contribution in [1.29, 1.82) is 0 Å². The zero-order valence-corrected chi connectivity index (χ0v) is 11.5. The van der Waals surface area contributed by atoms with Crippen molar-refractivity contribution in [2.45, 2.75) is 18.6 Å². The highest BCUT2D eigenvalue weighted by molar-refractivity contribution is 9.10. The molecule has 0 aromatic heterocycles. The Bertz CT molecular complexity index is 612. The molecule has 1 saturated heterocycles. The number of carbonyl (C=O) groups is 1. The van der Waals surface area contributed by atoms with Gasteiger partial charge in [0.2, 0.25) is 0 Å². The summed E-state index contributed by atoms with van der Waals surface area (Å²) in [5.74, 6) is -1.17. The topological polar surface area (TPSA) is 54.5 Å². The summed E-state index contributed by atoms with van der Waals surface area (Å²) in [5.41, 5.74) is 0.00863. The summed E-state index contributed by atoms with van der Waals surface area (Å²) in [5, 5.41) is 0. The molecule has 0 atom stereocenters. The molecule has 92 valence electrons. The fraction of sp³-hybridized carbons (Fsp3) is 0.300. The summed E-state index contributed by atoms with van der Waals surface area (Å²) >= 11 is 3.10. The molecule has 0 radical (unpaired) electrons. The van der Waals surface area contributed by atoms with E-state index in [2.05, 4.69) is 15.9 Å². The van der Waals surface area contributed by atoms with E-state index < -0.39 is 26.5 Å². The molecule has 0 saturated carbocycles. The first kappa shape index (κ1) is 12.5. The van der Waals surface area contributed by atoms with E-state index in [0.29, 0.717) is 8.78 Å². The second-order valence-corrected chi connectivity index (χ2v) is 7.37. The van der Waals surface area contributed by atoms with Gasteiger partial charge >= 0.3 is 0 Å². The highest BCUT2D eigenvalue weighted by Crippen LogP contribution is 2.42. The Morgan fingerprint density at radius 1 is 1.35 bits per heavy atom. The smallest absolute Gasteiger partial charge is 0.263 e. The number of carbonyl (C=O) groups excluding carboxylic acids is 1. The average Bonchev–Trinajstić information content (AvgIpc) is 2.22. The van der Waals surface area contributed by atoms with Gasteiger partial charge in [-0.25, -0.2) is 17.1 Å². The van der Waals surface area contributed by atoms with E-state index in [1.54, 1.807) is 0 Å². The van der Waals surface area contributed by atoms with Gasteiger partial charge in [0.15, 0.2) is 4.75 Å². The minimum absolute atomic E-state index is 0.00863. The molecule has 4 nitrogen and oxygen atoms in total.